The molecular formula is C15H25N3O2. The van der Waals surface area contributed by atoms with Gasteiger partial charge in [0.15, 0.2) is 0 Å². The zero-order valence-electron chi connectivity index (χ0n) is 12.5. The van der Waals surface area contributed by atoms with Crippen molar-refractivity contribution in [1.82, 2.24) is 15.5 Å². The zero-order valence-corrected chi connectivity index (χ0v) is 12.5. The molecule has 1 heterocycles. The zero-order chi connectivity index (χ0) is 14.0. The van der Waals surface area contributed by atoms with Crippen molar-refractivity contribution in [2.24, 2.45) is 5.92 Å². The summed E-state index contributed by atoms with van der Waals surface area (Å²) >= 11 is 0. The van der Waals surface area contributed by atoms with Crippen molar-refractivity contribution in [3.05, 3.63) is 11.7 Å². The number of aromatic nitrogens is 2. The Morgan fingerprint density at radius 3 is 2.70 bits per heavy atom. The lowest BCUT2D eigenvalue weighted by atomic mass is 9.79. The van der Waals surface area contributed by atoms with E-state index in [0.717, 1.165) is 24.6 Å². The first kappa shape index (κ1) is 14.0. The molecule has 20 heavy (non-hydrogen) atoms. The fourth-order valence-electron chi connectivity index (χ4n) is 2.97. The molecule has 2 saturated carbocycles. The molecule has 2 fully saturated rings. The van der Waals surface area contributed by atoms with Gasteiger partial charge in [-0.05, 0) is 51.4 Å². The van der Waals surface area contributed by atoms with Crippen LogP contribution in [0.2, 0.25) is 0 Å². The Labute approximate surface area is 120 Å². The van der Waals surface area contributed by atoms with Crippen molar-refractivity contribution >= 4 is 0 Å². The van der Waals surface area contributed by atoms with Crippen molar-refractivity contribution in [3.8, 4) is 0 Å². The number of nitrogens with one attached hydrogen (secondary N) is 1. The minimum absolute atomic E-state index is 0.317. The van der Waals surface area contributed by atoms with Gasteiger partial charge in [0, 0.05) is 12.6 Å². The number of nitrogens with zero attached hydrogens (tertiary/aromatic N) is 2. The minimum Gasteiger partial charge on any atom is -0.367 e. The quantitative estimate of drug-likeness (QED) is 0.867. The van der Waals surface area contributed by atoms with Gasteiger partial charge >= 0.3 is 0 Å². The molecule has 0 spiro atoms. The van der Waals surface area contributed by atoms with Gasteiger partial charge in [0.25, 0.3) is 0 Å². The van der Waals surface area contributed by atoms with E-state index in [0.29, 0.717) is 25.1 Å². The molecule has 0 atom stereocenters. The molecular weight excluding hydrogens is 254 g/mol. The summed E-state index contributed by atoms with van der Waals surface area (Å²) in [5.74, 6) is 2.20. The molecule has 0 radical (unpaired) electrons. The van der Waals surface area contributed by atoms with Gasteiger partial charge in [-0.25, -0.2) is 0 Å². The van der Waals surface area contributed by atoms with Crippen LogP contribution in [0.5, 0.6) is 0 Å². The summed E-state index contributed by atoms with van der Waals surface area (Å²) in [6.45, 7) is 5.71. The van der Waals surface area contributed by atoms with Crippen LogP contribution in [0, 0.1) is 5.92 Å². The van der Waals surface area contributed by atoms with Gasteiger partial charge in [-0.2, -0.15) is 4.98 Å². The summed E-state index contributed by atoms with van der Waals surface area (Å²) < 4.78 is 11.4. The lowest BCUT2D eigenvalue weighted by Crippen LogP contribution is -2.35. The second-order valence-corrected chi connectivity index (χ2v) is 6.28. The average Bonchev–Trinajstić information content (AvgIpc) is 3.16. The van der Waals surface area contributed by atoms with E-state index in [1.54, 1.807) is 0 Å². The van der Waals surface area contributed by atoms with E-state index >= 15 is 0 Å². The highest BCUT2D eigenvalue weighted by molar-refractivity contribution is 5.04. The Hall–Kier alpha value is -0.940. The molecule has 0 unspecified atom stereocenters. The smallest absolute Gasteiger partial charge is 0.240 e. The second kappa shape index (κ2) is 5.82. The molecule has 0 aliphatic heterocycles. The van der Waals surface area contributed by atoms with Gasteiger partial charge in [-0.1, -0.05) is 12.1 Å². The average molecular weight is 279 g/mol. The molecule has 2 aliphatic rings. The Bertz CT molecular complexity index is 434. The third kappa shape index (κ3) is 3.04. The van der Waals surface area contributed by atoms with E-state index in [2.05, 4.69) is 22.4 Å². The second-order valence-electron chi connectivity index (χ2n) is 6.28. The Kier molecular flexibility index (Phi) is 4.08. The molecule has 3 rings (SSSR count). The van der Waals surface area contributed by atoms with Crippen LogP contribution in [0.15, 0.2) is 4.52 Å². The normalized spacial score (nSPS) is 30.6. The van der Waals surface area contributed by atoms with Gasteiger partial charge in [0.05, 0.1) is 6.54 Å². The van der Waals surface area contributed by atoms with E-state index < -0.39 is 0 Å². The van der Waals surface area contributed by atoms with Crippen LogP contribution in [0.1, 0.15) is 64.1 Å². The molecule has 5 heteroatoms. The number of hydrogen-bond acceptors (Lipinski definition) is 5. The molecule has 1 aromatic heterocycles. The van der Waals surface area contributed by atoms with Gasteiger partial charge in [0.1, 0.15) is 5.60 Å². The predicted octanol–water partition coefficient (Wildman–Crippen LogP) is 2.76. The molecule has 1 N–H and O–H groups in total. The molecule has 0 saturated heterocycles. The molecule has 112 valence electrons. The van der Waals surface area contributed by atoms with E-state index in [1.165, 1.54) is 25.7 Å². The monoisotopic (exact) mass is 279 g/mol. The molecule has 0 bridgehead atoms. The Balaban J connectivity index is 1.69. The van der Waals surface area contributed by atoms with Gasteiger partial charge in [-0.3, -0.25) is 0 Å². The Morgan fingerprint density at radius 2 is 2.05 bits per heavy atom. The summed E-state index contributed by atoms with van der Waals surface area (Å²) in [5.41, 5.74) is -0.317. The summed E-state index contributed by atoms with van der Waals surface area (Å²) in [6, 6.07) is 0.654. The van der Waals surface area contributed by atoms with Crippen LogP contribution >= 0.6 is 0 Å². The molecule has 2 aliphatic carbocycles. The number of ether oxygens (including phenoxy) is 1. The van der Waals surface area contributed by atoms with Gasteiger partial charge in [-0.15, -0.1) is 0 Å². The van der Waals surface area contributed by atoms with Crippen molar-refractivity contribution in [3.63, 3.8) is 0 Å². The highest BCUT2D eigenvalue weighted by Crippen LogP contribution is 2.41. The first-order chi connectivity index (χ1) is 9.72. The van der Waals surface area contributed by atoms with Crippen molar-refractivity contribution in [2.75, 3.05) is 6.61 Å². The van der Waals surface area contributed by atoms with Crippen LogP contribution in [-0.2, 0) is 16.9 Å². The van der Waals surface area contributed by atoms with Gasteiger partial charge in [0.2, 0.25) is 11.7 Å². The van der Waals surface area contributed by atoms with E-state index in [4.69, 9.17) is 9.26 Å². The third-order valence-corrected chi connectivity index (χ3v) is 4.50. The molecule has 0 aromatic carbocycles. The van der Waals surface area contributed by atoms with Crippen molar-refractivity contribution < 1.29 is 9.26 Å². The SMILES string of the molecule is CCOC1(c2noc(CNC3CC3)n2)CCC(C)CC1. The van der Waals surface area contributed by atoms with E-state index in [-0.39, 0.29) is 5.60 Å². The van der Waals surface area contributed by atoms with Crippen LogP contribution in [0.4, 0.5) is 0 Å². The van der Waals surface area contributed by atoms with Crippen LogP contribution < -0.4 is 5.32 Å². The number of hydrogen-bond donors (Lipinski definition) is 1. The van der Waals surface area contributed by atoms with Crippen molar-refractivity contribution in [2.45, 2.75) is 70.6 Å². The first-order valence-corrected chi connectivity index (χ1v) is 7.92. The van der Waals surface area contributed by atoms with Crippen molar-refractivity contribution in [1.29, 1.82) is 0 Å². The molecule has 0 amide bonds. The summed E-state index contributed by atoms with van der Waals surface area (Å²) in [5, 5.41) is 7.61. The highest BCUT2D eigenvalue weighted by Gasteiger charge is 2.40. The first-order valence-electron chi connectivity index (χ1n) is 7.92. The lowest BCUT2D eigenvalue weighted by molar-refractivity contribution is -0.0847. The maximum absolute atomic E-state index is 6.05. The summed E-state index contributed by atoms with van der Waals surface area (Å²) in [6.07, 6.45) is 6.87. The van der Waals surface area contributed by atoms with E-state index in [1.807, 2.05) is 6.92 Å². The highest BCUT2D eigenvalue weighted by atomic mass is 16.5. The maximum atomic E-state index is 6.05. The van der Waals surface area contributed by atoms with E-state index in [9.17, 15) is 0 Å². The maximum Gasteiger partial charge on any atom is 0.240 e. The third-order valence-electron chi connectivity index (χ3n) is 4.50. The number of rotatable bonds is 6. The predicted molar refractivity (Wildman–Crippen MR) is 75.1 cm³/mol. The van der Waals surface area contributed by atoms with Crippen LogP contribution in [0.25, 0.3) is 0 Å². The summed E-state index contributed by atoms with van der Waals surface area (Å²) in [4.78, 5) is 4.58. The Morgan fingerprint density at radius 1 is 1.30 bits per heavy atom. The molecule has 5 nitrogen and oxygen atoms in total. The fraction of sp³-hybridized carbons (Fsp3) is 0.867. The largest absolute Gasteiger partial charge is 0.367 e. The fourth-order valence-corrected chi connectivity index (χ4v) is 2.97. The van der Waals surface area contributed by atoms with Gasteiger partial charge < -0.3 is 14.6 Å². The minimum atomic E-state index is -0.317. The topological polar surface area (TPSA) is 60.2 Å². The standard InChI is InChI=1S/C15H25N3O2/c1-3-19-15(8-6-11(2)7-9-15)14-17-13(20-18-14)10-16-12-4-5-12/h11-12,16H,3-10H2,1-2H3. The molecule has 1 aromatic rings. The van der Waals surface area contributed by atoms with Crippen LogP contribution in [-0.4, -0.2) is 22.8 Å². The lowest BCUT2D eigenvalue weighted by Gasteiger charge is -2.36. The van der Waals surface area contributed by atoms with Crippen LogP contribution in [0.3, 0.4) is 0 Å². The summed E-state index contributed by atoms with van der Waals surface area (Å²) in [7, 11) is 0.